The summed E-state index contributed by atoms with van der Waals surface area (Å²) in [5.74, 6) is -0.949. The average Bonchev–Trinajstić information content (AvgIpc) is 3.48. The van der Waals surface area contributed by atoms with E-state index in [9.17, 15) is 14.4 Å². The summed E-state index contributed by atoms with van der Waals surface area (Å²) in [7, 11) is 0. The Labute approximate surface area is 505 Å². The zero-order valence-electron chi connectivity index (χ0n) is 52.9. The van der Waals surface area contributed by atoms with Crippen LogP contribution in [0.5, 0.6) is 0 Å². The maximum absolute atomic E-state index is 12.9. The Bertz CT molecular complexity index is 1830. The maximum atomic E-state index is 12.9. The van der Waals surface area contributed by atoms with E-state index in [4.69, 9.17) is 14.2 Å². The van der Waals surface area contributed by atoms with Crippen molar-refractivity contribution in [2.75, 3.05) is 13.2 Å². The first-order chi connectivity index (χ1) is 40.5. The zero-order chi connectivity index (χ0) is 59.2. The molecule has 0 saturated heterocycles. The Morgan fingerprint density at radius 1 is 0.256 bits per heavy atom. The standard InChI is InChI=1S/C76H122O6/c1-4-7-10-13-16-19-22-25-28-31-32-33-34-35-36-37-38-39-40-41-42-43-44-46-48-51-54-57-60-63-66-69-75(78)81-72-73(71-80-74(77)68-65-62-59-56-53-50-47-30-27-24-21-18-15-12-9-6-3)82-76(79)70-67-64-61-58-55-52-49-45-29-26-23-20-17-14-11-8-5-2/h7-8,10-11,16-17,19-20,25-26,28-30,32-33,35-36,38-39,41-42,44,46-47,49,52,73H,4-6,9,12-15,18,21-24,27,31,34,37,40,43,45,48,50-51,53-72H2,1-3H3/b10-7-,11-8-,19-16-,20-17-,28-25-,29-26-,33-32-,36-35-,39-38-,42-41-,46-44-,47-30-,52-49-. The molecule has 0 bridgehead atoms. The van der Waals surface area contributed by atoms with Gasteiger partial charge in [-0.3, -0.25) is 14.4 Å². The molecule has 0 spiro atoms. The third-order valence-electron chi connectivity index (χ3n) is 13.7. The van der Waals surface area contributed by atoms with Gasteiger partial charge in [0.05, 0.1) is 0 Å². The molecule has 1 unspecified atom stereocenters. The van der Waals surface area contributed by atoms with Crippen LogP contribution in [-0.2, 0) is 28.6 Å². The minimum Gasteiger partial charge on any atom is -0.462 e. The van der Waals surface area contributed by atoms with Crippen molar-refractivity contribution in [1.82, 2.24) is 0 Å². The van der Waals surface area contributed by atoms with E-state index in [0.29, 0.717) is 12.8 Å². The van der Waals surface area contributed by atoms with Gasteiger partial charge in [0.15, 0.2) is 6.10 Å². The number of rotatable bonds is 59. The third kappa shape index (κ3) is 65.8. The second-order valence-corrected chi connectivity index (χ2v) is 21.6. The molecule has 6 nitrogen and oxygen atoms in total. The molecule has 0 amide bonds. The van der Waals surface area contributed by atoms with Crippen LogP contribution in [0.4, 0.5) is 0 Å². The first-order valence-electron chi connectivity index (χ1n) is 33.5. The molecule has 0 radical (unpaired) electrons. The number of hydrogen-bond donors (Lipinski definition) is 0. The fourth-order valence-electron chi connectivity index (χ4n) is 8.80. The van der Waals surface area contributed by atoms with Gasteiger partial charge >= 0.3 is 17.9 Å². The van der Waals surface area contributed by atoms with Gasteiger partial charge in [-0.1, -0.05) is 275 Å². The lowest BCUT2D eigenvalue weighted by Gasteiger charge is -2.18. The van der Waals surface area contributed by atoms with Gasteiger partial charge < -0.3 is 14.2 Å². The smallest absolute Gasteiger partial charge is 0.306 e. The Morgan fingerprint density at radius 2 is 0.476 bits per heavy atom. The number of allylic oxidation sites excluding steroid dienone is 26. The number of hydrogen-bond acceptors (Lipinski definition) is 6. The van der Waals surface area contributed by atoms with Crippen LogP contribution in [0.3, 0.4) is 0 Å². The van der Waals surface area contributed by atoms with Gasteiger partial charge in [0.2, 0.25) is 0 Å². The molecule has 462 valence electrons. The van der Waals surface area contributed by atoms with Gasteiger partial charge in [0, 0.05) is 19.3 Å². The highest BCUT2D eigenvalue weighted by Crippen LogP contribution is 2.14. The lowest BCUT2D eigenvalue weighted by Crippen LogP contribution is -2.30. The highest BCUT2D eigenvalue weighted by molar-refractivity contribution is 5.71. The van der Waals surface area contributed by atoms with Crippen LogP contribution in [0.1, 0.15) is 284 Å². The molecule has 6 heteroatoms. The van der Waals surface area contributed by atoms with Crippen molar-refractivity contribution in [1.29, 1.82) is 0 Å². The normalized spacial score (nSPS) is 13.2. The van der Waals surface area contributed by atoms with Gasteiger partial charge in [0.25, 0.3) is 0 Å². The molecular weight excluding hydrogens is 1010 g/mol. The van der Waals surface area contributed by atoms with Crippen LogP contribution < -0.4 is 0 Å². The predicted octanol–water partition coefficient (Wildman–Crippen LogP) is 23.3. The van der Waals surface area contributed by atoms with E-state index in [1.54, 1.807) is 0 Å². The Hall–Kier alpha value is -4.97. The lowest BCUT2D eigenvalue weighted by molar-refractivity contribution is -0.167. The zero-order valence-corrected chi connectivity index (χ0v) is 52.9. The summed E-state index contributed by atoms with van der Waals surface area (Å²) in [6.07, 6.45) is 99.6. The van der Waals surface area contributed by atoms with Crippen LogP contribution in [0.25, 0.3) is 0 Å². The van der Waals surface area contributed by atoms with Crippen molar-refractivity contribution in [2.24, 2.45) is 0 Å². The van der Waals surface area contributed by atoms with Crippen molar-refractivity contribution in [3.63, 3.8) is 0 Å². The molecular formula is C76H122O6. The number of unbranched alkanes of at least 4 members (excludes halogenated alkanes) is 22. The molecule has 0 rings (SSSR count). The highest BCUT2D eigenvalue weighted by Gasteiger charge is 2.19. The molecule has 0 fully saturated rings. The second kappa shape index (κ2) is 68.5. The van der Waals surface area contributed by atoms with Crippen molar-refractivity contribution >= 4 is 17.9 Å². The molecule has 0 heterocycles. The first-order valence-corrected chi connectivity index (χ1v) is 33.5. The molecule has 0 aromatic rings. The molecule has 0 aliphatic rings. The second-order valence-electron chi connectivity index (χ2n) is 21.6. The van der Waals surface area contributed by atoms with Gasteiger partial charge in [-0.15, -0.1) is 0 Å². The first kappa shape index (κ1) is 77.0. The van der Waals surface area contributed by atoms with E-state index in [1.807, 2.05) is 0 Å². The topological polar surface area (TPSA) is 78.9 Å². The van der Waals surface area contributed by atoms with E-state index >= 15 is 0 Å². The Morgan fingerprint density at radius 3 is 0.756 bits per heavy atom. The summed E-state index contributed by atoms with van der Waals surface area (Å²) in [5, 5.41) is 0. The van der Waals surface area contributed by atoms with Crippen molar-refractivity contribution in [3.05, 3.63) is 158 Å². The van der Waals surface area contributed by atoms with Crippen molar-refractivity contribution < 1.29 is 28.6 Å². The minimum absolute atomic E-state index is 0.102. The van der Waals surface area contributed by atoms with Crippen LogP contribution in [-0.4, -0.2) is 37.2 Å². The summed E-state index contributed by atoms with van der Waals surface area (Å²) >= 11 is 0. The minimum atomic E-state index is -0.809. The SMILES string of the molecule is CC/C=C\C/C=C\C/C=C\C/C=C\C/C=C\C/C=C\C/C=C\C/C=C\CCCCCCCCC(=O)OCC(COC(=O)CCCCCCC/C=C\CCCCCCCCC)OC(=O)CCCCCC/C=C\C/C=C\C/C=C\C/C=C\CC. The Balaban J connectivity index is 4.41. The van der Waals surface area contributed by atoms with Gasteiger partial charge in [-0.2, -0.15) is 0 Å². The third-order valence-corrected chi connectivity index (χ3v) is 13.7. The van der Waals surface area contributed by atoms with Crippen LogP contribution in [0.15, 0.2) is 158 Å². The maximum Gasteiger partial charge on any atom is 0.306 e. The van der Waals surface area contributed by atoms with E-state index in [-0.39, 0.29) is 37.5 Å². The molecule has 1 atom stereocenters. The average molecular weight is 1130 g/mol. The highest BCUT2D eigenvalue weighted by atomic mass is 16.6. The Kier molecular flexibility index (Phi) is 64.4. The van der Waals surface area contributed by atoms with E-state index < -0.39 is 6.10 Å². The fourth-order valence-corrected chi connectivity index (χ4v) is 8.80. The van der Waals surface area contributed by atoms with E-state index in [1.165, 1.54) is 70.6 Å². The summed E-state index contributed by atoms with van der Waals surface area (Å²) in [4.78, 5) is 38.4. The molecule has 0 N–H and O–H groups in total. The van der Waals surface area contributed by atoms with Gasteiger partial charge in [0.1, 0.15) is 13.2 Å². The predicted molar refractivity (Wildman–Crippen MR) is 357 cm³/mol. The number of carbonyl (C=O) groups is 3. The summed E-state index contributed by atoms with van der Waals surface area (Å²) < 4.78 is 16.9. The summed E-state index contributed by atoms with van der Waals surface area (Å²) in [6, 6.07) is 0. The molecule has 82 heavy (non-hydrogen) atoms. The molecule has 0 aromatic heterocycles. The molecule has 0 saturated carbocycles. The largest absolute Gasteiger partial charge is 0.462 e. The summed E-state index contributed by atoms with van der Waals surface area (Å²) in [6.45, 7) is 6.37. The number of ether oxygens (including phenoxy) is 3. The number of carbonyl (C=O) groups excluding carboxylic acids is 3. The molecule has 0 aromatic carbocycles. The molecule has 0 aliphatic carbocycles. The summed E-state index contributed by atoms with van der Waals surface area (Å²) in [5.41, 5.74) is 0. The van der Waals surface area contributed by atoms with Gasteiger partial charge in [-0.25, -0.2) is 0 Å². The number of esters is 3. The van der Waals surface area contributed by atoms with E-state index in [2.05, 4.69) is 179 Å². The van der Waals surface area contributed by atoms with Crippen LogP contribution >= 0.6 is 0 Å². The lowest BCUT2D eigenvalue weighted by atomic mass is 10.1. The molecule has 0 aliphatic heterocycles. The monoisotopic (exact) mass is 1130 g/mol. The van der Waals surface area contributed by atoms with Crippen LogP contribution in [0, 0.1) is 0 Å². The van der Waals surface area contributed by atoms with Crippen LogP contribution in [0.2, 0.25) is 0 Å². The van der Waals surface area contributed by atoms with Crippen molar-refractivity contribution in [3.8, 4) is 0 Å². The van der Waals surface area contributed by atoms with Crippen molar-refractivity contribution in [2.45, 2.75) is 290 Å². The van der Waals surface area contributed by atoms with E-state index in [0.717, 1.165) is 173 Å². The quantitative estimate of drug-likeness (QED) is 0.0261. The van der Waals surface area contributed by atoms with Gasteiger partial charge in [-0.05, 0) is 148 Å². The fraction of sp³-hybridized carbons (Fsp3) is 0.618.